The molecule has 1 heterocycles. The van der Waals surface area contributed by atoms with E-state index in [1.54, 1.807) is 19.1 Å². The summed E-state index contributed by atoms with van der Waals surface area (Å²) in [5.41, 5.74) is 5.00. The van der Waals surface area contributed by atoms with E-state index in [1.165, 1.54) is 0 Å². The number of hydrogen-bond donors (Lipinski definition) is 0. The number of rotatable bonds is 5. The molecule has 0 N–H and O–H groups in total. The van der Waals surface area contributed by atoms with Gasteiger partial charge in [-0.05, 0) is 41.0 Å². The Kier molecular flexibility index (Phi) is 5.49. The Morgan fingerprint density at radius 1 is 0.862 bits per heavy atom. The van der Waals surface area contributed by atoms with Gasteiger partial charge in [0.2, 0.25) is 0 Å². The first kappa shape index (κ1) is 19.0. The van der Waals surface area contributed by atoms with Gasteiger partial charge < -0.3 is 19.1 Å². The summed E-state index contributed by atoms with van der Waals surface area (Å²) in [6, 6.07) is 21.9. The molecule has 0 aliphatic carbocycles. The van der Waals surface area contributed by atoms with Crippen LogP contribution in [0.2, 0.25) is 0 Å². The second kappa shape index (κ2) is 8.37. The third-order valence-electron chi connectivity index (χ3n) is 5.05. The van der Waals surface area contributed by atoms with Crippen LogP contribution in [-0.2, 0) is 22.7 Å². The molecular formula is C24H23NO4. The van der Waals surface area contributed by atoms with Gasteiger partial charge in [0.1, 0.15) is 6.61 Å². The Balaban J connectivity index is 1.70. The highest BCUT2D eigenvalue weighted by Crippen LogP contribution is 2.35. The Bertz CT molecular complexity index is 1020. The van der Waals surface area contributed by atoms with Crippen LogP contribution in [0.3, 0.4) is 0 Å². The van der Waals surface area contributed by atoms with Crippen LogP contribution in [-0.4, -0.2) is 26.7 Å². The normalized spacial score (nSPS) is 13.6. The van der Waals surface area contributed by atoms with E-state index in [9.17, 15) is 4.79 Å². The second-order valence-electron chi connectivity index (χ2n) is 6.87. The highest BCUT2D eigenvalue weighted by atomic mass is 16.5. The minimum atomic E-state index is -0.0357. The number of anilines is 1. The summed E-state index contributed by atoms with van der Waals surface area (Å²) in [5.74, 6) is 1.33. The lowest BCUT2D eigenvalue weighted by atomic mass is 10.0. The molecule has 1 amide bonds. The maximum Gasteiger partial charge on any atom is 0.253 e. The quantitative estimate of drug-likeness (QED) is 0.648. The standard InChI is InChI=1S/C24H23NO4/c1-27-22-11-9-19(13-23(22)28-2)18-8-10-21-20(12-18)15-29-16-24(26)25(21)14-17-6-4-3-5-7-17/h3-13H,14-16H2,1-2H3. The summed E-state index contributed by atoms with van der Waals surface area (Å²) < 4.78 is 16.4. The van der Waals surface area contributed by atoms with Crippen LogP contribution in [0, 0.1) is 0 Å². The molecule has 0 fully saturated rings. The Hall–Kier alpha value is -3.31. The number of amides is 1. The van der Waals surface area contributed by atoms with E-state index in [0.29, 0.717) is 24.7 Å². The van der Waals surface area contributed by atoms with Gasteiger partial charge in [0.15, 0.2) is 11.5 Å². The van der Waals surface area contributed by atoms with Gasteiger partial charge in [0.05, 0.1) is 27.4 Å². The van der Waals surface area contributed by atoms with E-state index in [1.807, 2.05) is 60.7 Å². The fourth-order valence-electron chi connectivity index (χ4n) is 3.56. The zero-order chi connectivity index (χ0) is 20.2. The van der Waals surface area contributed by atoms with Crippen LogP contribution >= 0.6 is 0 Å². The Labute approximate surface area is 170 Å². The van der Waals surface area contributed by atoms with Crippen molar-refractivity contribution in [2.75, 3.05) is 25.7 Å². The third kappa shape index (κ3) is 3.96. The average molecular weight is 389 g/mol. The fraction of sp³-hybridized carbons (Fsp3) is 0.208. The number of hydrogen-bond acceptors (Lipinski definition) is 4. The van der Waals surface area contributed by atoms with Crippen molar-refractivity contribution in [1.82, 2.24) is 0 Å². The zero-order valence-corrected chi connectivity index (χ0v) is 16.6. The predicted molar refractivity (Wildman–Crippen MR) is 112 cm³/mol. The molecule has 5 nitrogen and oxygen atoms in total. The first-order valence-corrected chi connectivity index (χ1v) is 9.47. The van der Waals surface area contributed by atoms with Crippen LogP contribution in [0.5, 0.6) is 11.5 Å². The molecule has 0 radical (unpaired) electrons. The van der Waals surface area contributed by atoms with Crippen LogP contribution in [0.25, 0.3) is 11.1 Å². The minimum absolute atomic E-state index is 0.0357. The molecule has 1 aliphatic rings. The molecule has 0 aromatic heterocycles. The number of carbonyl (C=O) groups is 1. The van der Waals surface area contributed by atoms with Gasteiger partial charge in [-0.25, -0.2) is 0 Å². The van der Waals surface area contributed by atoms with Gasteiger partial charge in [-0.1, -0.05) is 42.5 Å². The van der Waals surface area contributed by atoms with Crippen molar-refractivity contribution >= 4 is 11.6 Å². The molecule has 148 valence electrons. The van der Waals surface area contributed by atoms with Crippen molar-refractivity contribution < 1.29 is 19.0 Å². The number of fused-ring (bicyclic) bond motifs is 1. The lowest BCUT2D eigenvalue weighted by Gasteiger charge is -2.23. The third-order valence-corrected chi connectivity index (χ3v) is 5.05. The van der Waals surface area contributed by atoms with Crippen LogP contribution in [0.4, 0.5) is 5.69 Å². The van der Waals surface area contributed by atoms with Crippen molar-refractivity contribution in [3.8, 4) is 22.6 Å². The summed E-state index contributed by atoms with van der Waals surface area (Å²) >= 11 is 0. The highest BCUT2D eigenvalue weighted by molar-refractivity contribution is 5.96. The minimum Gasteiger partial charge on any atom is -0.493 e. The largest absolute Gasteiger partial charge is 0.493 e. The maximum absolute atomic E-state index is 12.7. The smallest absolute Gasteiger partial charge is 0.253 e. The van der Waals surface area contributed by atoms with E-state index in [-0.39, 0.29) is 12.5 Å². The number of methoxy groups -OCH3 is 2. The number of carbonyl (C=O) groups excluding carboxylic acids is 1. The van der Waals surface area contributed by atoms with Gasteiger partial charge in [0.25, 0.3) is 5.91 Å². The molecule has 4 rings (SSSR count). The van der Waals surface area contributed by atoms with Crippen molar-refractivity contribution in [3.05, 3.63) is 77.9 Å². The number of benzene rings is 3. The first-order valence-electron chi connectivity index (χ1n) is 9.47. The Morgan fingerprint density at radius 2 is 1.59 bits per heavy atom. The van der Waals surface area contributed by atoms with Crippen molar-refractivity contribution in [2.24, 2.45) is 0 Å². The second-order valence-corrected chi connectivity index (χ2v) is 6.87. The molecule has 1 aliphatic heterocycles. The van der Waals surface area contributed by atoms with Crippen molar-refractivity contribution in [2.45, 2.75) is 13.2 Å². The van der Waals surface area contributed by atoms with Crippen molar-refractivity contribution in [3.63, 3.8) is 0 Å². The van der Waals surface area contributed by atoms with Gasteiger partial charge in [-0.3, -0.25) is 4.79 Å². The molecule has 0 saturated heterocycles. The van der Waals surface area contributed by atoms with Crippen LogP contribution in [0.15, 0.2) is 66.7 Å². The summed E-state index contributed by atoms with van der Waals surface area (Å²) in [5, 5.41) is 0. The number of ether oxygens (including phenoxy) is 3. The topological polar surface area (TPSA) is 48.0 Å². The number of nitrogens with zero attached hydrogens (tertiary/aromatic N) is 1. The molecule has 0 atom stereocenters. The lowest BCUT2D eigenvalue weighted by molar-refractivity contribution is -0.123. The predicted octanol–water partition coefficient (Wildman–Crippen LogP) is 4.43. The molecular weight excluding hydrogens is 366 g/mol. The van der Waals surface area contributed by atoms with Crippen LogP contribution in [0.1, 0.15) is 11.1 Å². The monoisotopic (exact) mass is 389 g/mol. The van der Waals surface area contributed by atoms with Crippen LogP contribution < -0.4 is 14.4 Å². The molecule has 3 aromatic carbocycles. The van der Waals surface area contributed by atoms with E-state index in [2.05, 4.69) is 6.07 Å². The van der Waals surface area contributed by atoms with Gasteiger partial charge in [-0.2, -0.15) is 0 Å². The molecule has 5 heteroatoms. The summed E-state index contributed by atoms with van der Waals surface area (Å²) in [6.07, 6.45) is 0. The molecule has 0 spiro atoms. The molecule has 3 aromatic rings. The van der Waals surface area contributed by atoms with E-state index in [4.69, 9.17) is 14.2 Å². The fourth-order valence-corrected chi connectivity index (χ4v) is 3.56. The molecule has 0 unspecified atom stereocenters. The lowest BCUT2D eigenvalue weighted by Crippen LogP contribution is -2.32. The summed E-state index contributed by atoms with van der Waals surface area (Å²) in [4.78, 5) is 14.5. The summed E-state index contributed by atoms with van der Waals surface area (Å²) in [7, 11) is 3.25. The average Bonchev–Trinajstić information content (AvgIpc) is 2.92. The molecule has 0 saturated carbocycles. The van der Waals surface area contributed by atoms with E-state index < -0.39 is 0 Å². The molecule has 29 heavy (non-hydrogen) atoms. The van der Waals surface area contributed by atoms with E-state index in [0.717, 1.165) is 27.9 Å². The molecule has 0 bridgehead atoms. The highest BCUT2D eigenvalue weighted by Gasteiger charge is 2.23. The maximum atomic E-state index is 12.7. The van der Waals surface area contributed by atoms with Gasteiger partial charge in [-0.15, -0.1) is 0 Å². The first-order chi connectivity index (χ1) is 14.2. The van der Waals surface area contributed by atoms with Gasteiger partial charge in [0, 0.05) is 11.3 Å². The Morgan fingerprint density at radius 3 is 2.34 bits per heavy atom. The van der Waals surface area contributed by atoms with Gasteiger partial charge >= 0.3 is 0 Å². The SMILES string of the molecule is COc1ccc(-c2ccc3c(c2)COCC(=O)N3Cc2ccccc2)cc1OC. The van der Waals surface area contributed by atoms with E-state index >= 15 is 0 Å². The van der Waals surface area contributed by atoms with Crippen molar-refractivity contribution in [1.29, 1.82) is 0 Å². The zero-order valence-electron chi connectivity index (χ0n) is 16.6. The summed E-state index contributed by atoms with van der Waals surface area (Å²) in [6.45, 7) is 0.992.